The van der Waals surface area contributed by atoms with Crippen molar-refractivity contribution in [3.63, 3.8) is 0 Å². The normalized spacial score (nSPS) is 15.0. The van der Waals surface area contributed by atoms with E-state index in [9.17, 15) is 0 Å². The Morgan fingerprint density at radius 3 is 3.21 bits per heavy atom. The summed E-state index contributed by atoms with van der Waals surface area (Å²) < 4.78 is 0.742. The van der Waals surface area contributed by atoms with E-state index in [-0.39, 0.29) is 0 Å². The van der Waals surface area contributed by atoms with Gasteiger partial charge in [-0.3, -0.25) is 0 Å². The third-order valence-electron chi connectivity index (χ3n) is 2.14. The number of nitrogens with zero attached hydrogens (tertiary/aromatic N) is 3. The van der Waals surface area contributed by atoms with Gasteiger partial charge in [-0.1, -0.05) is 6.58 Å². The highest BCUT2D eigenvalue weighted by Gasteiger charge is 2.20. The summed E-state index contributed by atoms with van der Waals surface area (Å²) in [5, 5.41) is 3.17. The Bertz CT molecular complexity index is 377. The molecule has 1 aliphatic heterocycles. The number of halogens is 1. The van der Waals surface area contributed by atoms with Crippen LogP contribution in [-0.2, 0) is 0 Å². The fraction of sp³-hybridized carbons (Fsp3) is 0.333. The van der Waals surface area contributed by atoms with Crippen LogP contribution in [0.2, 0.25) is 0 Å². The quantitative estimate of drug-likeness (QED) is 0.833. The smallest absolute Gasteiger partial charge is 0.177 e. The summed E-state index contributed by atoms with van der Waals surface area (Å²) in [6.07, 6.45) is 1.69. The van der Waals surface area contributed by atoms with E-state index >= 15 is 0 Å². The summed E-state index contributed by atoms with van der Waals surface area (Å²) in [5.41, 5.74) is 1.02. The molecule has 2 rings (SSSR count). The van der Waals surface area contributed by atoms with Crippen molar-refractivity contribution in [2.45, 2.75) is 6.92 Å². The van der Waals surface area contributed by atoms with Crippen LogP contribution in [0, 0.1) is 0 Å². The molecule has 0 aliphatic carbocycles. The summed E-state index contributed by atoms with van der Waals surface area (Å²) in [7, 11) is 0. The number of hydrogen-bond donors (Lipinski definition) is 1. The molecule has 2 heterocycles. The van der Waals surface area contributed by atoms with Gasteiger partial charge in [0.25, 0.3) is 0 Å². The number of fused-ring (bicyclic) bond motifs is 1. The third kappa shape index (κ3) is 1.48. The molecule has 5 heteroatoms. The molecule has 0 fully saturated rings. The van der Waals surface area contributed by atoms with Crippen LogP contribution in [0.5, 0.6) is 0 Å². The van der Waals surface area contributed by atoms with Crippen LogP contribution in [0.3, 0.4) is 0 Å². The largest absolute Gasteiger partial charge is 0.361 e. The molecule has 1 aromatic rings. The monoisotopic (exact) mass is 254 g/mol. The van der Waals surface area contributed by atoms with E-state index in [0.29, 0.717) is 0 Å². The molecule has 1 N–H and O–H groups in total. The van der Waals surface area contributed by atoms with Crippen LogP contribution in [0.25, 0.3) is 0 Å². The van der Waals surface area contributed by atoms with E-state index in [1.807, 2.05) is 0 Å². The van der Waals surface area contributed by atoms with Gasteiger partial charge in [0, 0.05) is 12.2 Å². The van der Waals surface area contributed by atoms with E-state index < -0.39 is 0 Å². The Morgan fingerprint density at radius 2 is 2.50 bits per heavy atom. The molecule has 0 aromatic carbocycles. The number of rotatable bonds is 1. The Labute approximate surface area is 91.2 Å². The molecule has 4 nitrogen and oxygen atoms in total. The number of likely N-dealkylation sites (N-methyl/N-ethyl adjacent to an activating group) is 1. The highest BCUT2D eigenvalue weighted by atomic mass is 79.9. The highest BCUT2D eigenvalue weighted by Crippen LogP contribution is 2.29. The van der Waals surface area contributed by atoms with Crippen molar-refractivity contribution < 1.29 is 0 Å². The van der Waals surface area contributed by atoms with Gasteiger partial charge in [0.2, 0.25) is 0 Å². The van der Waals surface area contributed by atoms with E-state index in [0.717, 1.165) is 35.0 Å². The van der Waals surface area contributed by atoms with E-state index in [2.05, 4.69) is 49.6 Å². The van der Waals surface area contributed by atoms with Gasteiger partial charge in [0.15, 0.2) is 11.6 Å². The molecule has 0 atom stereocenters. The molecule has 0 saturated heterocycles. The minimum atomic E-state index is 0.733. The van der Waals surface area contributed by atoms with Crippen molar-refractivity contribution in [2.24, 2.45) is 0 Å². The maximum atomic E-state index is 4.37. The Morgan fingerprint density at radius 1 is 1.71 bits per heavy atom. The molecule has 0 spiro atoms. The topological polar surface area (TPSA) is 41.1 Å². The third-order valence-corrected chi connectivity index (χ3v) is 2.52. The van der Waals surface area contributed by atoms with Gasteiger partial charge in [0.1, 0.15) is 4.60 Å². The van der Waals surface area contributed by atoms with Gasteiger partial charge in [-0.15, -0.1) is 0 Å². The Balaban J connectivity index is 2.49. The van der Waals surface area contributed by atoms with E-state index in [1.165, 1.54) is 0 Å². The standard InChI is InChI=1S/C9H11BrN4/c1-3-14-6(2)4-11-8-9(14)13-7(10)5-12-8/h5H,2-4H2,1H3,(H,11,12). The minimum absolute atomic E-state index is 0.733. The van der Waals surface area contributed by atoms with Crippen molar-refractivity contribution in [1.82, 2.24) is 9.97 Å². The van der Waals surface area contributed by atoms with Gasteiger partial charge in [-0.2, -0.15) is 0 Å². The predicted molar refractivity (Wildman–Crippen MR) is 60.4 cm³/mol. The van der Waals surface area contributed by atoms with Crippen molar-refractivity contribution >= 4 is 27.6 Å². The zero-order valence-corrected chi connectivity index (χ0v) is 9.50. The predicted octanol–water partition coefficient (Wildman–Crippen LogP) is 2.00. The molecular weight excluding hydrogens is 244 g/mol. The summed E-state index contributed by atoms with van der Waals surface area (Å²) in [5.74, 6) is 1.67. The molecule has 14 heavy (non-hydrogen) atoms. The van der Waals surface area contributed by atoms with Gasteiger partial charge in [-0.05, 0) is 22.9 Å². The molecule has 0 saturated carbocycles. The number of hydrogen-bond acceptors (Lipinski definition) is 4. The van der Waals surface area contributed by atoms with Crippen LogP contribution < -0.4 is 10.2 Å². The lowest BCUT2D eigenvalue weighted by molar-refractivity contribution is 0.870. The lowest BCUT2D eigenvalue weighted by Gasteiger charge is -2.30. The molecular formula is C9H11BrN4. The lowest BCUT2D eigenvalue weighted by atomic mass is 10.3. The first kappa shape index (κ1) is 9.45. The summed E-state index contributed by atoms with van der Waals surface area (Å²) in [6.45, 7) is 7.64. The van der Waals surface area contributed by atoms with Gasteiger partial charge in [-0.25, -0.2) is 9.97 Å². The molecule has 74 valence electrons. The van der Waals surface area contributed by atoms with Crippen LogP contribution in [-0.4, -0.2) is 23.1 Å². The summed E-state index contributed by atoms with van der Waals surface area (Å²) in [6, 6.07) is 0. The molecule has 1 aliphatic rings. The molecule has 1 aromatic heterocycles. The van der Waals surface area contributed by atoms with E-state index in [4.69, 9.17) is 0 Å². The Hall–Kier alpha value is -1.10. The van der Waals surface area contributed by atoms with Gasteiger partial charge < -0.3 is 10.2 Å². The second-order valence-electron chi connectivity index (χ2n) is 3.03. The number of anilines is 2. The SMILES string of the molecule is C=C1CNc2ncc(Br)nc2N1CC. The van der Waals surface area contributed by atoms with Gasteiger partial charge >= 0.3 is 0 Å². The van der Waals surface area contributed by atoms with Crippen molar-refractivity contribution in [3.05, 3.63) is 23.1 Å². The maximum Gasteiger partial charge on any atom is 0.177 e. The van der Waals surface area contributed by atoms with Crippen molar-refractivity contribution in [3.8, 4) is 0 Å². The first-order chi connectivity index (χ1) is 6.72. The van der Waals surface area contributed by atoms with Crippen LogP contribution in [0.1, 0.15) is 6.92 Å². The van der Waals surface area contributed by atoms with Crippen LogP contribution >= 0.6 is 15.9 Å². The fourth-order valence-electron chi connectivity index (χ4n) is 1.48. The minimum Gasteiger partial charge on any atom is -0.361 e. The number of nitrogens with one attached hydrogen (secondary N) is 1. The lowest BCUT2D eigenvalue weighted by Crippen LogP contribution is -2.32. The van der Waals surface area contributed by atoms with Crippen LogP contribution in [0.4, 0.5) is 11.6 Å². The molecule has 0 amide bonds. The molecule has 0 radical (unpaired) electrons. The average molecular weight is 255 g/mol. The number of aromatic nitrogens is 2. The van der Waals surface area contributed by atoms with Crippen molar-refractivity contribution in [1.29, 1.82) is 0 Å². The Kier molecular flexibility index (Phi) is 2.41. The second kappa shape index (κ2) is 3.57. The first-order valence-corrected chi connectivity index (χ1v) is 5.23. The zero-order chi connectivity index (χ0) is 10.1. The zero-order valence-electron chi connectivity index (χ0n) is 7.92. The maximum absolute atomic E-state index is 4.37. The second-order valence-corrected chi connectivity index (χ2v) is 3.84. The first-order valence-electron chi connectivity index (χ1n) is 4.44. The van der Waals surface area contributed by atoms with Gasteiger partial charge in [0.05, 0.1) is 12.7 Å². The summed E-state index contributed by atoms with van der Waals surface area (Å²) in [4.78, 5) is 10.7. The fourth-order valence-corrected chi connectivity index (χ4v) is 1.75. The molecule has 0 bridgehead atoms. The van der Waals surface area contributed by atoms with Crippen molar-refractivity contribution in [2.75, 3.05) is 23.3 Å². The average Bonchev–Trinajstić information content (AvgIpc) is 2.17. The van der Waals surface area contributed by atoms with Crippen LogP contribution in [0.15, 0.2) is 23.1 Å². The van der Waals surface area contributed by atoms with E-state index in [1.54, 1.807) is 6.20 Å². The highest BCUT2D eigenvalue weighted by molar-refractivity contribution is 9.10. The molecule has 0 unspecified atom stereocenters. The summed E-state index contributed by atoms with van der Waals surface area (Å²) >= 11 is 3.31.